The summed E-state index contributed by atoms with van der Waals surface area (Å²) in [5, 5.41) is 0. The number of esters is 1. The van der Waals surface area contributed by atoms with Crippen molar-refractivity contribution in [2.75, 3.05) is 25.2 Å². The first kappa shape index (κ1) is 17.5. The van der Waals surface area contributed by atoms with E-state index >= 15 is 0 Å². The molecule has 0 bridgehead atoms. The summed E-state index contributed by atoms with van der Waals surface area (Å²) in [6.45, 7) is 2.01. The Morgan fingerprint density at radius 1 is 1.30 bits per heavy atom. The fraction of sp³-hybridized carbons (Fsp3) is 0.500. The van der Waals surface area contributed by atoms with E-state index in [4.69, 9.17) is 0 Å². The molecular weight excluding hydrogens is 318 g/mol. The lowest BCUT2D eigenvalue weighted by Gasteiger charge is -2.25. The van der Waals surface area contributed by atoms with Crippen molar-refractivity contribution < 1.29 is 22.7 Å². The van der Waals surface area contributed by atoms with E-state index < -0.39 is 21.7 Å². The van der Waals surface area contributed by atoms with Crippen LogP contribution in [0.5, 0.6) is 0 Å². The summed E-state index contributed by atoms with van der Waals surface area (Å²) in [4.78, 5) is 25.7. The van der Waals surface area contributed by atoms with Gasteiger partial charge in [0.25, 0.3) is 0 Å². The highest BCUT2D eigenvalue weighted by atomic mass is 32.2. The average Bonchev–Trinajstić information content (AvgIpc) is 2.88. The van der Waals surface area contributed by atoms with Crippen molar-refractivity contribution in [3.63, 3.8) is 0 Å². The average molecular weight is 339 g/mol. The molecule has 1 heterocycles. The van der Waals surface area contributed by atoms with Gasteiger partial charge in [0.15, 0.2) is 9.84 Å². The number of aryl methyl sites for hydroxylation is 1. The zero-order valence-electron chi connectivity index (χ0n) is 13.3. The van der Waals surface area contributed by atoms with Gasteiger partial charge in [-0.15, -0.1) is 0 Å². The van der Waals surface area contributed by atoms with E-state index in [9.17, 15) is 18.0 Å². The molecule has 1 unspecified atom stereocenters. The Labute approximate surface area is 136 Å². The molecule has 0 N–H and O–H groups in total. The maximum Gasteiger partial charge on any atom is 0.325 e. The highest BCUT2D eigenvalue weighted by Gasteiger charge is 2.36. The number of rotatable bonds is 5. The third-order valence-corrected chi connectivity index (χ3v) is 5.83. The van der Waals surface area contributed by atoms with E-state index in [0.717, 1.165) is 11.1 Å². The summed E-state index contributed by atoms with van der Waals surface area (Å²) in [6, 6.07) is 7.58. The third kappa shape index (κ3) is 4.54. The van der Waals surface area contributed by atoms with Crippen LogP contribution in [0, 0.1) is 12.8 Å². The molecule has 126 valence electrons. The molecule has 0 spiro atoms. The lowest BCUT2D eigenvalue weighted by Crippen LogP contribution is -2.40. The number of benzene rings is 1. The molecular formula is C16H21NO5S. The van der Waals surface area contributed by atoms with Crippen LogP contribution in [0.2, 0.25) is 0 Å². The van der Waals surface area contributed by atoms with Gasteiger partial charge in [-0.05, 0) is 24.5 Å². The minimum atomic E-state index is -3.15. The van der Waals surface area contributed by atoms with E-state index in [1.54, 1.807) is 0 Å². The Morgan fingerprint density at radius 2 is 2.00 bits per heavy atom. The fourth-order valence-electron chi connectivity index (χ4n) is 2.67. The van der Waals surface area contributed by atoms with Crippen molar-refractivity contribution in [1.29, 1.82) is 0 Å². The molecule has 0 saturated carbocycles. The normalized spacial score (nSPS) is 19.3. The zero-order valence-corrected chi connectivity index (χ0v) is 14.1. The number of carbonyl (C=O) groups excluding carboxylic acids is 2. The largest absolute Gasteiger partial charge is 0.468 e. The minimum absolute atomic E-state index is 0.0276. The van der Waals surface area contributed by atoms with Gasteiger partial charge in [0, 0.05) is 6.54 Å². The van der Waals surface area contributed by atoms with Gasteiger partial charge in [0.2, 0.25) is 5.91 Å². The number of amides is 1. The molecule has 1 atom stereocenters. The first-order valence-electron chi connectivity index (χ1n) is 7.43. The number of hydrogen-bond donors (Lipinski definition) is 0. The Kier molecular flexibility index (Phi) is 5.41. The molecule has 1 aliphatic heterocycles. The SMILES string of the molecule is COC(=O)CN(Cc1ccccc1C)C(=O)C1CCS(=O)(=O)C1. The monoisotopic (exact) mass is 339 g/mol. The van der Waals surface area contributed by atoms with Crippen LogP contribution in [-0.2, 0) is 30.7 Å². The summed E-state index contributed by atoms with van der Waals surface area (Å²) in [5.74, 6) is -1.52. The number of ether oxygens (including phenoxy) is 1. The van der Waals surface area contributed by atoms with Crippen LogP contribution < -0.4 is 0 Å². The summed E-state index contributed by atoms with van der Waals surface area (Å²) >= 11 is 0. The number of nitrogens with zero attached hydrogens (tertiary/aromatic N) is 1. The van der Waals surface area contributed by atoms with Gasteiger partial charge in [-0.25, -0.2) is 8.42 Å². The fourth-order valence-corrected chi connectivity index (χ4v) is 4.41. The lowest BCUT2D eigenvalue weighted by atomic mass is 10.1. The maximum atomic E-state index is 12.7. The number of hydrogen-bond acceptors (Lipinski definition) is 5. The van der Waals surface area contributed by atoms with Gasteiger partial charge in [-0.3, -0.25) is 9.59 Å². The molecule has 1 saturated heterocycles. The molecule has 1 aromatic carbocycles. The minimum Gasteiger partial charge on any atom is -0.468 e. The van der Waals surface area contributed by atoms with Gasteiger partial charge in [-0.2, -0.15) is 0 Å². The Hall–Kier alpha value is -1.89. The van der Waals surface area contributed by atoms with Gasteiger partial charge in [0.1, 0.15) is 6.54 Å². The van der Waals surface area contributed by atoms with Gasteiger partial charge in [-0.1, -0.05) is 24.3 Å². The molecule has 0 aliphatic carbocycles. The van der Waals surface area contributed by atoms with E-state index in [0.29, 0.717) is 6.42 Å². The second-order valence-corrected chi connectivity index (χ2v) is 8.03. The second-order valence-electron chi connectivity index (χ2n) is 5.80. The first-order valence-corrected chi connectivity index (χ1v) is 9.25. The van der Waals surface area contributed by atoms with Crippen molar-refractivity contribution in [2.45, 2.75) is 19.9 Å². The van der Waals surface area contributed by atoms with Crippen LogP contribution in [0.4, 0.5) is 0 Å². The number of carbonyl (C=O) groups is 2. The molecule has 7 heteroatoms. The standard InChI is InChI=1S/C16H21NO5S/c1-12-5-3-4-6-13(12)9-17(10-15(18)22-2)16(19)14-7-8-23(20,21)11-14/h3-6,14H,7-11H2,1-2H3. The van der Waals surface area contributed by atoms with Crippen molar-refractivity contribution in [2.24, 2.45) is 5.92 Å². The van der Waals surface area contributed by atoms with Gasteiger partial charge in [0.05, 0.1) is 24.5 Å². The molecule has 1 amide bonds. The molecule has 0 aromatic heterocycles. The Balaban J connectivity index is 2.18. The second kappa shape index (κ2) is 7.12. The molecule has 6 nitrogen and oxygen atoms in total. The summed E-state index contributed by atoms with van der Waals surface area (Å²) in [7, 11) is -1.89. The molecule has 1 fully saturated rings. The summed E-state index contributed by atoms with van der Waals surface area (Å²) in [6.07, 6.45) is 0.312. The predicted octanol–water partition coefficient (Wildman–Crippen LogP) is 0.931. The highest BCUT2D eigenvalue weighted by molar-refractivity contribution is 7.91. The van der Waals surface area contributed by atoms with Crippen molar-refractivity contribution in [3.05, 3.63) is 35.4 Å². The van der Waals surface area contributed by atoms with Crippen molar-refractivity contribution in [1.82, 2.24) is 4.90 Å². The molecule has 23 heavy (non-hydrogen) atoms. The van der Waals surface area contributed by atoms with E-state index in [1.807, 2.05) is 31.2 Å². The van der Waals surface area contributed by atoms with Crippen LogP contribution in [-0.4, -0.2) is 50.4 Å². The Morgan fingerprint density at radius 3 is 2.57 bits per heavy atom. The molecule has 0 radical (unpaired) electrons. The van der Waals surface area contributed by atoms with Crippen LogP contribution in [0.1, 0.15) is 17.5 Å². The molecule has 1 aliphatic rings. The van der Waals surface area contributed by atoms with Crippen LogP contribution in [0.25, 0.3) is 0 Å². The smallest absolute Gasteiger partial charge is 0.325 e. The quantitative estimate of drug-likeness (QED) is 0.746. The molecule has 2 rings (SSSR count). The van der Waals surface area contributed by atoms with E-state index in [1.165, 1.54) is 12.0 Å². The first-order chi connectivity index (χ1) is 10.8. The topological polar surface area (TPSA) is 80.8 Å². The third-order valence-electron chi connectivity index (χ3n) is 4.06. The van der Waals surface area contributed by atoms with Gasteiger partial charge >= 0.3 is 5.97 Å². The van der Waals surface area contributed by atoms with Crippen LogP contribution in [0.3, 0.4) is 0 Å². The number of sulfone groups is 1. The van der Waals surface area contributed by atoms with Crippen molar-refractivity contribution in [3.8, 4) is 0 Å². The summed E-state index contributed by atoms with van der Waals surface area (Å²) < 4.78 is 27.8. The summed E-state index contributed by atoms with van der Waals surface area (Å²) in [5.41, 5.74) is 1.93. The van der Waals surface area contributed by atoms with E-state index in [2.05, 4.69) is 4.74 Å². The number of methoxy groups -OCH3 is 1. The maximum absolute atomic E-state index is 12.7. The zero-order chi connectivity index (χ0) is 17.0. The van der Waals surface area contributed by atoms with E-state index in [-0.39, 0.29) is 30.5 Å². The van der Waals surface area contributed by atoms with Gasteiger partial charge < -0.3 is 9.64 Å². The molecule has 1 aromatic rings. The predicted molar refractivity (Wildman–Crippen MR) is 85.4 cm³/mol. The highest BCUT2D eigenvalue weighted by Crippen LogP contribution is 2.22. The van der Waals surface area contributed by atoms with Crippen molar-refractivity contribution >= 4 is 21.7 Å². The van der Waals surface area contributed by atoms with Crippen LogP contribution >= 0.6 is 0 Å². The van der Waals surface area contributed by atoms with Crippen LogP contribution in [0.15, 0.2) is 24.3 Å². The lowest BCUT2D eigenvalue weighted by molar-refractivity contribution is -0.148. The Bertz CT molecular complexity index is 698.